The van der Waals surface area contributed by atoms with Crippen molar-refractivity contribution in [2.24, 2.45) is 0 Å². The summed E-state index contributed by atoms with van der Waals surface area (Å²) in [4.78, 5) is 13.4. The molecule has 1 aromatic carbocycles. The van der Waals surface area contributed by atoms with Crippen molar-refractivity contribution < 1.29 is 9.90 Å². The Morgan fingerprint density at radius 3 is 2.89 bits per heavy atom. The van der Waals surface area contributed by atoms with Gasteiger partial charge in [-0.2, -0.15) is 0 Å². The highest BCUT2D eigenvalue weighted by atomic mass is 16.2. The number of aliphatic hydroxyl groups is 1. The lowest BCUT2D eigenvalue weighted by Crippen LogP contribution is -2.27. The van der Waals surface area contributed by atoms with Gasteiger partial charge in [0.1, 0.15) is 0 Å². The van der Waals surface area contributed by atoms with Crippen LogP contribution in [0.15, 0.2) is 24.3 Å². The molecule has 1 amide bonds. The minimum absolute atomic E-state index is 0.0551. The molecule has 0 aromatic heterocycles. The average molecular weight is 246 g/mol. The lowest BCUT2D eigenvalue weighted by atomic mass is 10.2. The van der Waals surface area contributed by atoms with Gasteiger partial charge >= 0.3 is 0 Å². The number of nitrogens with zero attached hydrogens (tertiary/aromatic N) is 1. The zero-order valence-electron chi connectivity index (χ0n) is 10.7. The Balaban J connectivity index is 2.65. The molecule has 4 nitrogen and oxygen atoms in total. The van der Waals surface area contributed by atoms with E-state index in [1.807, 2.05) is 38.4 Å². The van der Waals surface area contributed by atoms with Crippen LogP contribution < -0.4 is 5.32 Å². The first-order valence-electron chi connectivity index (χ1n) is 5.76. The standard InChI is InChI=1S/C14H18N2O2/c1-16(2)11-14(18)15-13-8-5-7-12(10-13)6-3-4-9-17/h5,7-8,10,17H,4,9,11H2,1-2H3,(H,15,18). The first-order valence-corrected chi connectivity index (χ1v) is 5.76. The second-order valence-electron chi connectivity index (χ2n) is 4.14. The molecule has 0 aliphatic carbocycles. The Bertz CT molecular complexity index is 458. The number of benzene rings is 1. The molecule has 0 spiro atoms. The highest BCUT2D eigenvalue weighted by Crippen LogP contribution is 2.09. The van der Waals surface area contributed by atoms with Crippen LogP contribution in [0.2, 0.25) is 0 Å². The van der Waals surface area contributed by atoms with Gasteiger partial charge in [0, 0.05) is 17.7 Å². The van der Waals surface area contributed by atoms with Gasteiger partial charge in [-0.05, 0) is 32.3 Å². The summed E-state index contributed by atoms with van der Waals surface area (Å²) in [7, 11) is 3.69. The van der Waals surface area contributed by atoms with Gasteiger partial charge < -0.3 is 15.3 Å². The maximum atomic E-state index is 11.6. The summed E-state index contributed by atoms with van der Waals surface area (Å²) in [5, 5.41) is 11.4. The van der Waals surface area contributed by atoms with Crippen molar-refractivity contribution in [3.8, 4) is 11.8 Å². The molecule has 0 bridgehead atoms. The van der Waals surface area contributed by atoms with E-state index in [1.165, 1.54) is 0 Å². The Morgan fingerprint density at radius 2 is 2.22 bits per heavy atom. The van der Waals surface area contributed by atoms with Crippen molar-refractivity contribution in [1.29, 1.82) is 0 Å². The summed E-state index contributed by atoms with van der Waals surface area (Å²) in [5.41, 5.74) is 1.56. The second-order valence-corrected chi connectivity index (χ2v) is 4.14. The van der Waals surface area contributed by atoms with Crippen LogP contribution in [-0.2, 0) is 4.79 Å². The summed E-state index contributed by atoms with van der Waals surface area (Å²) >= 11 is 0. The molecule has 1 aromatic rings. The molecule has 4 heteroatoms. The fraction of sp³-hybridized carbons (Fsp3) is 0.357. The molecule has 18 heavy (non-hydrogen) atoms. The molecular formula is C14H18N2O2. The van der Waals surface area contributed by atoms with Gasteiger partial charge in [-0.3, -0.25) is 4.79 Å². The molecule has 0 atom stereocenters. The van der Waals surface area contributed by atoms with Crippen LogP contribution >= 0.6 is 0 Å². The summed E-state index contributed by atoms with van der Waals surface area (Å²) in [5.74, 6) is 5.72. The third kappa shape index (κ3) is 5.48. The van der Waals surface area contributed by atoms with E-state index in [-0.39, 0.29) is 12.5 Å². The molecule has 0 aliphatic heterocycles. The Morgan fingerprint density at radius 1 is 1.44 bits per heavy atom. The van der Waals surface area contributed by atoms with Gasteiger partial charge in [0.15, 0.2) is 0 Å². The smallest absolute Gasteiger partial charge is 0.238 e. The Labute approximate surface area is 108 Å². The fourth-order valence-electron chi connectivity index (χ4n) is 1.38. The normalized spacial score (nSPS) is 9.78. The van der Waals surface area contributed by atoms with Gasteiger partial charge in [-0.1, -0.05) is 17.9 Å². The molecular weight excluding hydrogens is 228 g/mol. The number of rotatable bonds is 4. The van der Waals surface area contributed by atoms with E-state index < -0.39 is 0 Å². The lowest BCUT2D eigenvalue weighted by molar-refractivity contribution is -0.116. The minimum Gasteiger partial charge on any atom is -0.395 e. The van der Waals surface area contributed by atoms with E-state index in [9.17, 15) is 4.79 Å². The van der Waals surface area contributed by atoms with E-state index >= 15 is 0 Å². The van der Waals surface area contributed by atoms with E-state index in [0.717, 1.165) is 11.3 Å². The molecule has 0 aliphatic rings. The molecule has 1 rings (SSSR count). The zero-order chi connectivity index (χ0) is 13.4. The Hall–Kier alpha value is -1.83. The number of carbonyl (C=O) groups is 1. The molecule has 0 saturated heterocycles. The number of aliphatic hydroxyl groups excluding tert-OH is 1. The predicted molar refractivity (Wildman–Crippen MR) is 72.2 cm³/mol. The number of hydrogen-bond acceptors (Lipinski definition) is 3. The van der Waals surface area contributed by atoms with Crippen molar-refractivity contribution in [3.05, 3.63) is 29.8 Å². The number of carbonyl (C=O) groups excluding carboxylic acids is 1. The quantitative estimate of drug-likeness (QED) is 0.777. The monoisotopic (exact) mass is 246 g/mol. The maximum Gasteiger partial charge on any atom is 0.238 e. The van der Waals surface area contributed by atoms with Crippen molar-refractivity contribution in [3.63, 3.8) is 0 Å². The van der Waals surface area contributed by atoms with E-state index in [4.69, 9.17) is 5.11 Å². The largest absolute Gasteiger partial charge is 0.395 e. The summed E-state index contributed by atoms with van der Waals surface area (Å²) in [6.45, 7) is 0.409. The predicted octanol–water partition coefficient (Wildman–Crippen LogP) is 0.921. The SMILES string of the molecule is CN(C)CC(=O)Nc1cccc(C#CCCO)c1. The van der Waals surface area contributed by atoms with Crippen LogP contribution in [0.1, 0.15) is 12.0 Å². The highest BCUT2D eigenvalue weighted by Gasteiger charge is 2.03. The highest BCUT2D eigenvalue weighted by molar-refractivity contribution is 5.92. The van der Waals surface area contributed by atoms with Crippen LogP contribution in [0.3, 0.4) is 0 Å². The van der Waals surface area contributed by atoms with Crippen LogP contribution in [-0.4, -0.2) is 43.2 Å². The zero-order valence-corrected chi connectivity index (χ0v) is 10.7. The van der Waals surface area contributed by atoms with Gasteiger partial charge in [-0.25, -0.2) is 0 Å². The van der Waals surface area contributed by atoms with Gasteiger partial charge in [0.05, 0.1) is 13.2 Å². The molecule has 0 saturated carbocycles. The maximum absolute atomic E-state index is 11.6. The van der Waals surface area contributed by atoms with E-state index in [2.05, 4.69) is 17.2 Å². The van der Waals surface area contributed by atoms with E-state index in [1.54, 1.807) is 4.90 Å². The number of amides is 1. The summed E-state index contributed by atoms with van der Waals surface area (Å²) < 4.78 is 0. The molecule has 0 radical (unpaired) electrons. The minimum atomic E-state index is -0.0551. The third-order valence-electron chi connectivity index (χ3n) is 2.08. The number of likely N-dealkylation sites (N-methyl/N-ethyl adjacent to an activating group) is 1. The topological polar surface area (TPSA) is 52.6 Å². The number of nitrogens with one attached hydrogen (secondary N) is 1. The average Bonchev–Trinajstić information content (AvgIpc) is 2.28. The van der Waals surface area contributed by atoms with Crippen LogP contribution in [0.5, 0.6) is 0 Å². The summed E-state index contributed by atoms with van der Waals surface area (Å²) in [6.07, 6.45) is 0.456. The van der Waals surface area contributed by atoms with E-state index in [0.29, 0.717) is 13.0 Å². The Kier molecular flexibility index (Phi) is 5.92. The first kappa shape index (κ1) is 14.2. The second kappa shape index (κ2) is 7.49. The lowest BCUT2D eigenvalue weighted by Gasteiger charge is -2.10. The van der Waals surface area contributed by atoms with Crippen LogP contribution in [0.4, 0.5) is 5.69 Å². The number of anilines is 1. The molecule has 96 valence electrons. The fourth-order valence-corrected chi connectivity index (χ4v) is 1.38. The van der Waals surface area contributed by atoms with Crippen molar-refractivity contribution >= 4 is 11.6 Å². The third-order valence-corrected chi connectivity index (χ3v) is 2.08. The van der Waals surface area contributed by atoms with Gasteiger partial charge in [-0.15, -0.1) is 0 Å². The molecule has 0 fully saturated rings. The van der Waals surface area contributed by atoms with Crippen molar-refractivity contribution in [1.82, 2.24) is 4.90 Å². The van der Waals surface area contributed by atoms with Gasteiger partial charge in [0.25, 0.3) is 0 Å². The molecule has 2 N–H and O–H groups in total. The van der Waals surface area contributed by atoms with Crippen LogP contribution in [0, 0.1) is 11.8 Å². The van der Waals surface area contributed by atoms with Crippen molar-refractivity contribution in [2.75, 3.05) is 32.6 Å². The first-order chi connectivity index (χ1) is 8.61. The van der Waals surface area contributed by atoms with Crippen molar-refractivity contribution in [2.45, 2.75) is 6.42 Å². The van der Waals surface area contributed by atoms with Gasteiger partial charge in [0.2, 0.25) is 5.91 Å². The summed E-state index contributed by atoms with van der Waals surface area (Å²) in [6, 6.07) is 7.35. The number of hydrogen-bond donors (Lipinski definition) is 2. The molecule has 0 heterocycles. The van der Waals surface area contributed by atoms with Crippen LogP contribution in [0.25, 0.3) is 0 Å². The molecule has 0 unspecified atom stereocenters.